The van der Waals surface area contributed by atoms with Crippen LogP contribution in [-0.2, 0) is 16.6 Å². The highest BCUT2D eigenvalue weighted by molar-refractivity contribution is 7.84. The average molecular weight is 279 g/mol. The van der Waals surface area contributed by atoms with Crippen molar-refractivity contribution in [3.63, 3.8) is 0 Å². The van der Waals surface area contributed by atoms with Gasteiger partial charge in [0.05, 0.1) is 0 Å². The third-order valence-corrected chi connectivity index (χ3v) is 5.01. The molecule has 2 unspecified atom stereocenters. The molecule has 1 N–H and O–H groups in total. The lowest BCUT2D eigenvalue weighted by Crippen LogP contribution is -2.36. The van der Waals surface area contributed by atoms with Crippen molar-refractivity contribution in [2.24, 2.45) is 5.92 Å². The molecular weight excluding hydrogens is 254 g/mol. The summed E-state index contributed by atoms with van der Waals surface area (Å²) in [5, 5.41) is 3.57. The van der Waals surface area contributed by atoms with Crippen molar-refractivity contribution in [1.29, 1.82) is 0 Å². The van der Waals surface area contributed by atoms with Gasteiger partial charge in [-0.3, -0.25) is 4.21 Å². The van der Waals surface area contributed by atoms with Crippen LogP contribution in [0.5, 0.6) is 0 Å². The van der Waals surface area contributed by atoms with E-state index in [0.29, 0.717) is 11.8 Å². The standard InChI is InChI=1S/C16H25NOS/c1-3-9-17-16(15-7-8-15)12-19(18)11-14-6-4-5-13(2)10-14/h4-6,10,15-17H,3,7-9,11-12H2,1-2H3. The normalized spacial score (nSPS) is 18.2. The van der Waals surface area contributed by atoms with E-state index in [2.05, 4.69) is 43.4 Å². The van der Waals surface area contributed by atoms with Crippen molar-refractivity contribution in [2.45, 2.75) is 44.9 Å². The molecule has 2 atom stereocenters. The zero-order chi connectivity index (χ0) is 13.7. The molecule has 1 aromatic carbocycles. The zero-order valence-electron chi connectivity index (χ0n) is 12.0. The summed E-state index contributed by atoms with van der Waals surface area (Å²) in [5.74, 6) is 2.27. The number of benzene rings is 1. The smallest absolute Gasteiger partial charge is 0.0486 e. The zero-order valence-corrected chi connectivity index (χ0v) is 12.8. The fourth-order valence-electron chi connectivity index (χ4n) is 2.44. The molecule has 1 fully saturated rings. The molecule has 2 nitrogen and oxygen atoms in total. The largest absolute Gasteiger partial charge is 0.313 e. The fourth-order valence-corrected chi connectivity index (χ4v) is 3.90. The first-order valence-electron chi connectivity index (χ1n) is 7.33. The quantitative estimate of drug-likeness (QED) is 0.792. The number of nitrogens with one attached hydrogen (secondary N) is 1. The first-order valence-corrected chi connectivity index (χ1v) is 8.81. The van der Waals surface area contributed by atoms with Gasteiger partial charge in [0, 0.05) is 28.3 Å². The summed E-state index contributed by atoms with van der Waals surface area (Å²) < 4.78 is 12.3. The van der Waals surface area contributed by atoms with Crippen LogP contribution in [0.25, 0.3) is 0 Å². The molecule has 1 aliphatic carbocycles. The molecule has 0 radical (unpaired) electrons. The maximum Gasteiger partial charge on any atom is 0.0486 e. The maximum atomic E-state index is 12.3. The number of hydrogen-bond acceptors (Lipinski definition) is 2. The second kappa shape index (κ2) is 7.20. The summed E-state index contributed by atoms with van der Waals surface area (Å²) >= 11 is 0. The molecule has 2 rings (SSSR count). The number of rotatable bonds is 8. The second-order valence-electron chi connectivity index (χ2n) is 5.64. The first-order chi connectivity index (χ1) is 9.19. The lowest BCUT2D eigenvalue weighted by molar-refractivity contribution is 0.498. The van der Waals surface area contributed by atoms with Crippen LogP contribution in [0.3, 0.4) is 0 Å². The van der Waals surface area contributed by atoms with E-state index >= 15 is 0 Å². The summed E-state index contributed by atoms with van der Waals surface area (Å²) in [6.45, 7) is 5.31. The van der Waals surface area contributed by atoms with E-state index in [0.717, 1.165) is 24.6 Å². The van der Waals surface area contributed by atoms with Crippen LogP contribution in [0.1, 0.15) is 37.3 Å². The minimum absolute atomic E-state index is 0.464. The first kappa shape index (κ1) is 14.7. The van der Waals surface area contributed by atoms with Gasteiger partial charge in [0.1, 0.15) is 0 Å². The predicted octanol–water partition coefficient (Wildman–Crippen LogP) is 3.02. The molecule has 1 aromatic rings. The van der Waals surface area contributed by atoms with Crippen molar-refractivity contribution >= 4 is 10.8 Å². The van der Waals surface area contributed by atoms with Crippen LogP contribution < -0.4 is 5.32 Å². The van der Waals surface area contributed by atoms with Gasteiger partial charge in [-0.25, -0.2) is 0 Å². The van der Waals surface area contributed by atoms with Crippen molar-refractivity contribution < 1.29 is 4.21 Å². The third kappa shape index (κ3) is 5.07. The number of aryl methyl sites for hydroxylation is 1. The summed E-state index contributed by atoms with van der Waals surface area (Å²) in [5.41, 5.74) is 2.45. The van der Waals surface area contributed by atoms with Gasteiger partial charge in [-0.05, 0) is 44.2 Å². The molecule has 1 aliphatic rings. The van der Waals surface area contributed by atoms with E-state index < -0.39 is 10.8 Å². The van der Waals surface area contributed by atoms with Crippen molar-refractivity contribution in [3.05, 3.63) is 35.4 Å². The molecule has 0 saturated heterocycles. The highest BCUT2D eigenvalue weighted by Gasteiger charge is 2.31. The molecule has 0 bridgehead atoms. The van der Waals surface area contributed by atoms with E-state index in [9.17, 15) is 4.21 Å². The van der Waals surface area contributed by atoms with Gasteiger partial charge >= 0.3 is 0 Å². The Morgan fingerprint density at radius 2 is 2.21 bits per heavy atom. The summed E-state index contributed by atoms with van der Waals surface area (Å²) in [4.78, 5) is 0. The third-order valence-electron chi connectivity index (χ3n) is 3.62. The fraction of sp³-hybridized carbons (Fsp3) is 0.625. The highest BCUT2D eigenvalue weighted by Crippen LogP contribution is 2.33. The van der Waals surface area contributed by atoms with E-state index in [1.54, 1.807) is 0 Å². The van der Waals surface area contributed by atoms with E-state index in [-0.39, 0.29) is 0 Å². The lowest BCUT2D eigenvalue weighted by atomic mass is 10.2. The lowest BCUT2D eigenvalue weighted by Gasteiger charge is -2.17. The van der Waals surface area contributed by atoms with Gasteiger partial charge in [0.25, 0.3) is 0 Å². The van der Waals surface area contributed by atoms with Gasteiger partial charge in [-0.15, -0.1) is 0 Å². The molecule has 3 heteroatoms. The monoisotopic (exact) mass is 279 g/mol. The Labute approximate surface area is 119 Å². The summed E-state index contributed by atoms with van der Waals surface area (Å²) in [7, 11) is -0.756. The molecule has 0 aliphatic heterocycles. The van der Waals surface area contributed by atoms with Crippen molar-refractivity contribution in [3.8, 4) is 0 Å². The van der Waals surface area contributed by atoms with Gasteiger partial charge in [0.2, 0.25) is 0 Å². The topological polar surface area (TPSA) is 29.1 Å². The van der Waals surface area contributed by atoms with Crippen LogP contribution in [0.2, 0.25) is 0 Å². The van der Waals surface area contributed by atoms with E-state index in [4.69, 9.17) is 0 Å². The van der Waals surface area contributed by atoms with Crippen molar-refractivity contribution in [1.82, 2.24) is 5.32 Å². The minimum Gasteiger partial charge on any atom is -0.313 e. The van der Waals surface area contributed by atoms with Crippen LogP contribution >= 0.6 is 0 Å². The minimum atomic E-state index is -0.756. The molecule has 1 saturated carbocycles. The van der Waals surface area contributed by atoms with Gasteiger partial charge in [-0.1, -0.05) is 36.8 Å². The Morgan fingerprint density at radius 1 is 1.42 bits per heavy atom. The Morgan fingerprint density at radius 3 is 2.84 bits per heavy atom. The van der Waals surface area contributed by atoms with Gasteiger partial charge in [0.15, 0.2) is 0 Å². The summed E-state index contributed by atoms with van der Waals surface area (Å²) in [6.07, 6.45) is 3.76. The predicted molar refractivity (Wildman–Crippen MR) is 82.7 cm³/mol. The Bertz CT molecular complexity index is 429. The van der Waals surface area contributed by atoms with Gasteiger partial charge in [-0.2, -0.15) is 0 Å². The Kier molecular flexibility index (Phi) is 5.59. The maximum absolute atomic E-state index is 12.3. The second-order valence-corrected chi connectivity index (χ2v) is 7.14. The molecule has 0 amide bonds. The molecule has 0 heterocycles. The van der Waals surface area contributed by atoms with Crippen molar-refractivity contribution in [2.75, 3.05) is 12.3 Å². The van der Waals surface area contributed by atoms with E-state index in [1.807, 2.05) is 0 Å². The average Bonchev–Trinajstić information content (AvgIpc) is 3.18. The van der Waals surface area contributed by atoms with Crippen LogP contribution in [0.15, 0.2) is 24.3 Å². The summed E-state index contributed by atoms with van der Waals surface area (Å²) in [6, 6.07) is 8.82. The van der Waals surface area contributed by atoms with Crippen LogP contribution in [-0.4, -0.2) is 22.5 Å². The molecular formula is C16H25NOS. The van der Waals surface area contributed by atoms with Crippen LogP contribution in [0, 0.1) is 12.8 Å². The van der Waals surface area contributed by atoms with Crippen LogP contribution in [0.4, 0.5) is 0 Å². The molecule has 0 aromatic heterocycles. The Balaban J connectivity index is 1.85. The molecule has 0 spiro atoms. The van der Waals surface area contributed by atoms with Gasteiger partial charge < -0.3 is 5.32 Å². The van der Waals surface area contributed by atoms with E-state index in [1.165, 1.54) is 24.0 Å². The number of hydrogen-bond donors (Lipinski definition) is 1. The molecule has 106 valence electrons. The SMILES string of the molecule is CCCNC(CS(=O)Cc1cccc(C)c1)C1CC1. The highest BCUT2D eigenvalue weighted by atomic mass is 32.2. The Hall–Kier alpha value is -0.670. The molecule has 19 heavy (non-hydrogen) atoms.